The molecule has 0 aromatic carbocycles. The number of nitrogens with zero attached hydrogens (tertiary/aromatic N) is 2. The van der Waals surface area contributed by atoms with Crippen LogP contribution in [0.15, 0.2) is 22.8 Å². The average Bonchev–Trinajstić information content (AvgIpc) is 2.37. The number of rotatable bonds is 1. The van der Waals surface area contributed by atoms with E-state index in [1.807, 2.05) is 0 Å². The molecule has 1 aromatic heterocycles. The third-order valence-corrected chi connectivity index (χ3v) is 1.60. The normalized spacial score (nSPS) is 11.8. The van der Waals surface area contributed by atoms with Crippen molar-refractivity contribution in [3.05, 3.63) is 22.7 Å². The summed E-state index contributed by atoms with van der Waals surface area (Å²) in [6, 6.07) is 3.27. The lowest BCUT2D eigenvalue weighted by Crippen LogP contribution is -1.84. The molecule has 1 N–H and O–H groups in total. The monoisotopic (exact) mass is 144 g/mol. The van der Waals surface area contributed by atoms with Gasteiger partial charge in [0.05, 0.1) is 0 Å². The second-order valence-corrected chi connectivity index (χ2v) is 2.24. The molecular weight excluding hydrogens is 140 g/mol. The minimum atomic E-state index is 0.157. The summed E-state index contributed by atoms with van der Waals surface area (Å²) in [6.07, 6.45) is 0. The van der Waals surface area contributed by atoms with Crippen molar-refractivity contribution in [2.24, 2.45) is 5.28 Å². The van der Waals surface area contributed by atoms with Crippen LogP contribution in [0.25, 0.3) is 0 Å². The summed E-state index contributed by atoms with van der Waals surface area (Å²) in [4.78, 5) is 0.157. The minimum Gasteiger partial charge on any atom is -0.591 e. The predicted octanol–water partition coefficient (Wildman–Crippen LogP) is 1.73. The Morgan fingerprint density at radius 3 is 3.00 bits per heavy atom. The van der Waals surface area contributed by atoms with Gasteiger partial charge in [-0.1, -0.05) is 11.3 Å². The zero-order chi connectivity index (χ0) is 6.69. The Balaban J connectivity index is 2.90. The molecule has 0 aliphatic carbocycles. The van der Waals surface area contributed by atoms with E-state index >= 15 is 0 Å². The first kappa shape index (κ1) is 6.03. The van der Waals surface area contributed by atoms with E-state index in [1.54, 1.807) is 17.5 Å². The van der Waals surface area contributed by atoms with Crippen LogP contribution in [0.2, 0.25) is 0 Å². The van der Waals surface area contributed by atoms with E-state index in [9.17, 15) is 5.21 Å². The molecule has 0 saturated heterocycles. The smallest absolute Gasteiger partial charge is 0.303 e. The predicted molar refractivity (Wildman–Crippen MR) is 31.8 cm³/mol. The van der Waals surface area contributed by atoms with Crippen LogP contribution in [0.1, 0.15) is 0 Å². The van der Waals surface area contributed by atoms with E-state index in [0.717, 1.165) is 0 Å². The van der Waals surface area contributed by atoms with Gasteiger partial charge in [-0.05, 0) is 16.3 Å². The quantitative estimate of drug-likeness (QED) is 0.370. The Labute approximate surface area is 55.2 Å². The molecule has 9 heavy (non-hydrogen) atoms. The van der Waals surface area contributed by atoms with Gasteiger partial charge in [0.15, 0.2) is 0 Å². The van der Waals surface area contributed by atoms with E-state index in [4.69, 9.17) is 5.21 Å². The van der Waals surface area contributed by atoms with Crippen LogP contribution in [0.3, 0.4) is 0 Å². The second-order valence-electron chi connectivity index (χ2n) is 1.31. The Bertz CT molecular complexity index is 206. The minimum absolute atomic E-state index is 0.157. The van der Waals surface area contributed by atoms with Crippen molar-refractivity contribution in [3.8, 4) is 0 Å². The molecule has 0 aliphatic rings. The molecule has 0 aliphatic heterocycles. The molecule has 0 spiro atoms. The van der Waals surface area contributed by atoms with Crippen molar-refractivity contribution in [1.82, 2.24) is 0 Å². The molecule has 0 radical (unpaired) electrons. The molecule has 1 aromatic rings. The highest BCUT2D eigenvalue weighted by atomic mass is 32.1. The van der Waals surface area contributed by atoms with E-state index in [-0.39, 0.29) is 4.86 Å². The second kappa shape index (κ2) is 2.45. The number of hydrogen-bond acceptors (Lipinski definition) is 3. The summed E-state index contributed by atoms with van der Waals surface area (Å²) in [5, 5.41) is 22.9. The number of hydrogen-bond donors (Lipinski definition) is 1. The zero-order valence-corrected chi connectivity index (χ0v) is 5.21. The Morgan fingerprint density at radius 2 is 2.56 bits per heavy atom. The first-order valence-corrected chi connectivity index (χ1v) is 3.08. The highest BCUT2D eigenvalue weighted by Gasteiger charge is 2.01. The largest absolute Gasteiger partial charge is 0.591 e. The lowest BCUT2D eigenvalue weighted by molar-refractivity contribution is -0.470. The van der Waals surface area contributed by atoms with Crippen molar-refractivity contribution in [1.29, 1.82) is 0 Å². The van der Waals surface area contributed by atoms with Gasteiger partial charge < -0.3 is 10.4 Å². The van der Waals surface area contributed by atoms with Gasteiger partial charge >= 0.3 is 5.00 Å². The van der Waals surface area contributed by atoms with Gasteiger partial charge in [-0.3, -0.25) is 0 Å². The molecule has 0 saturated carbocycles. The third kappa shape index (κ3) is 1.17. The third-order valence-electron chi connectivity index (χ3n) is 0.776. The maximum Gasteiger partial charge on any atom is 0.303 e. The van der Waals surface area contributed by atoms with E-state index in [2.05, 4.69) is 5.28 Å². The molecular formula is C4H4N2O2S. The molecule has 0 fully saturated rings. The molecule has 48 valence electrons. The molecule has 1 heterocycles. The summed E-state index contributed by atoms with van der Waals surface area (Å²) >= 11 is 1.22. The molecule has 0 unspecified atom stereocenters. The number of thiophene rings is 1. The van der Waals surface area contributed by atoms with Gasteiger partial charge in [0.2, 0.25) is 5.28 Å². The van der Waals surface area contributed by atoms with Crippen molar-refractivity contribution in [3.63, 3.8) is 0 Å². The summed E-state index contributed by atoms with van der Waals surface area (Å²) in [5.74, 6) is 0. The lowest BCUT2D eigenvalue weighted by atomic mass is 10.6. The molecule has 1 rings (SSSR count). The highest BCUT2D eigenvalue weighted by Crippen LogP contribution is 2.17. The molecule has 5 heteroatoms. The van der Waals surface area contributed by atoms with Crippen molar-refractivity contribution in [2.75, 3.05) is 0 Å². The Kier molecular flexibility index (Phi) is 1.64. The Morgan fingerprint density at radius 1 is 1.78 bits per heavy atom. The van der Waals surface area contributed by atoms with Gasteiger partial charge in [0.1, 0.15) is 0 Å². The summed E-state index contributed by atoms with van der Waals surface area (Å²) in [5.41, 5.74) is 0. The first-order chi connectivity index (χ1) is 4.34. The fourth-order valence-electron chi connectivity index (χ4n) is 0.423. The van der Waals surface area contributed by atoms with Crippen molar-refractivity contribution in [2.45, 2.75) is 0 Å². The highest BCUT2D eigenvalue weighted by molar-refractivity contribution is 7.13. The standard InChI is InChI=1S/C4H4N2O2S/c7-5-6(8)4-2-1-3-9-4/h1-3,7H/b6-5-. The van der Waals surface area contributed by atoms with Gasteiger partial charge in [-0.25, -0.2) is 0 Å². The molecule has 0 bridgehead atoms. The summed E-state index contributed by atoms with van der Waals surface area (Å²) in [6.45, 7) is 0. The molecule has 0 atom stereocenters. The van der Waals surface area contributed by atoms with Crippen LogP contribution in [-0.4, -0.2) is 10.1 Å². The fourth-order valence-corrected chi connectivity index (χ4v) is 1.00. The van der Waals surface area contributed by atoms with Crippen LogP contribution in [0.4, 0.5) is 5.00 Å². The SMILES string of the molecule is [O-]/[N+](=N\O)c1cccs1. The fraction of sp³-hybridized carbons (Fsp3) is 0. The first-order valence-electron chi connectivity index (χ1n) is 2.20. The van der Waals surface area contributed by atoms with Gasteiger partial charge in [0.25, 0.3) is 0 Å². The maximum absolute atomic E-state index is 10.4. The van der Waals surface area contributed by atoms with Crippen LogP contribution >= 0.6 is 11.3 Å². The van der Waals surface area contributed by atoms with Crippen LogP contribution in [0.5, 0.6) is 0 Å². The van der Waals surface area contributed by atoms with Crippen LogP contribution in [0, 0.1) is 5.21 Å². The zero-order valence-electron chi connectivity index (χ0n) is 4.39. The molecule has 0 amide bonds. The van der Waals surface area contributed by atoms with E-state index in [0.29, 0.717) is 5.00 Å². The van der Waals surface area contributed by atoms with Crippen molar-refractivity contribution >= 4 is 16.3 Å². The van der Waals surface area contributed by atoms with Gasteiger partial charge in [-0.15, -0.1) is 0 Å². The van der Waals surface area contributed by atoms with E-state index < -0.39 is 0 Å². The summed E-state index contributed by atoms with van der Waals surface area (Å²) in [7, 11) is 0. The van der Waals surface area contributed by atoms with Gasteiger partial charge in [-0.2, -0.15) is 0 Å². The molecule has 4 nitrogen and oxygen atoms in total. The lowest BCUT2D eigenvalue weighted by Gasteiger charge is -1.88. The van der Waals surface area contributed by atoms with E-state index in [1.165, 1.54) is 11.3 Å². The topological polar surface area (TPSA) is 58.7 Å². The summed E-state index contributed by atoms with van der Waals surface area (Å²) < 4.78 is 0. The van der Waals surface area contributed by atoms with Crippen LogP contribution in [-0.2, 0) is 0 Å². The van der Waals surface area contributed by atoms with Crippen molar-refractivity contribution < 1.29 is 10.1 Å². The van der Waals surface area contributed by atoms with Gasteiger partial charge in [0, 0.05) is 6.07 Å². The van der Waals surface area contributed by atoms with Crippen LogP contribution < -0.4 is 0 Å². The Hall–Kier alpha value is -1.10. The average molecular weight is 144 g/mol. The maximum atomic E-state index is 10.4.